The van der Waals surface area contributed by atoms with Gasteiger partial charge in [0.2, 0.25) is 5.88 Å². The van der Waals surface area contributed by atoms with Gasteiger partial charge in [-0.05, 0) is 11.6 Å². The molecule has 0 radical (unpaired) electrons. The number of aromatic nitrogens is 1. The van der Waals surface area contributed by atoms with Crippen LogP contribution in [0.3, 0.4) is 0 Å². The molecular weight excluding hydrogens is 400 g/mol. The van der Waals surface area contributed by atoms with E-state index in [1.807, 2.05) is 30.3 Å². The SMILES string of the molecule is Cn1c(O)c(C2=NCCN(C(=O)OCc3ccccc3)CC2)c2cc([N+](=O)[O-])ccc21. The van der Waals surface area contributed by atoms with Crippen LogP contribution in [-0.4, -0.2) is 50.9 Å². The molecule has 9 nitrogen and oxygen atoms in total. The quantitative estimate of drug-likeness (QED) is 0.510. The Morgan fingerprint density at radius 1 is 1.23 bits per heavy atom. The Morgan fingerprint density at radius 3 is 2.74 bits per heavy atom. The Bertz CT molecular complexity index is 1170. The number of carbonyl (C=O) groups excluding carboxylic acids is 1. The van der Waals surface area contributed by atoms with Gasteiger partial charge in [0.05, 0.1) is 22.5 Å². The van der Waals surface area contributed by atoms with E-state index in [0.717, 1.165) is 5.56 Å². The third-order valence-corrected chi connectivity index (χ3v) is 5.41. The zero-order chi connectivity index (χ0) is 22.0. The molecule has 0 aliphatic carbocycles. The summed E-state index contributed by atoms with van der Waals surface area (Å²) in [5.74, 6) is -0.00523. The van der Waals surface area contributed by atoms with Crippen LogP contribution < -0.4 is 0 Å². The van der Waals surface area contributed by atoms with Crippen molar-refractivity contribution in [3.8, 4) is 5.88 Å². The molecule has 1 N–H and O–H groups in total. The first kappa shape index (κ1) is 20.4. The highest BCUT2D eigenvalue weighted by atomic mass is 16.6. The Morgan fingerprint density at radius 2 is 2.00 bits per heavy atom. The van der Waals surface area contributed by atoms with Crippen molar-refractivity contribution in [2.24, 2.45) is 12.0 Å². The van der Waals surface area contributed by atoms with Gasteiger partial charge in [-0.15, -0.1) is 0 Å². The molecule has 31 heavy (non-hydrogen) atoms. The van der Waals surface area contributed by atoms with Gasteiger partial charge in [-0.3, -0.25) is 15.1 Å². The number of hydrogen-bond acceptors (Lipinski definition) is 6. The first-order valence-electron chi connectivity index (χ1n) is 9.91. The maximum absolute atomic E-state index is 12.5. The van der Waals surface area contributed by atoms with Crippen molar-refractivity contribution in [2.45, 2.75) is 13.0 Å². The third-order valence-electron chi connectivity index (χ3n) is 5.41. The van der Waals surface area contributed by atoms with E-state index >= 15 is 0 Å². The number of nitro benzene ring substituents is 1. The number of aromatic hydroxyl groups is 1. The van der Waals surface area contributed by atoms with Crippen LogP contribution in [0.25, 0.3) is 10.9 Å². The molecule has 3 aromatic rings. The van der Waals surface area contributed by atoms with E-state index in [9.17, 15) is 20.0 Å². The average molecular weight is 422 g/mol. The predicted molar refractivity (Wildman–Crippen MR) is 115 cm³/mol. The van der Waals surface area contributed by atoms with E-state index in [2.05, 4.69) is 4.99 Å². The van der Waals surface area contributed by atoms with E-state index in [-0.39, 0.29) is 18.2 Å². The second-order valence-corrected chi connectivity index (χ2v) is 7.32. The fraction of sp³-hybridized carbons (Fsp3) is 0.273. The van der Waals surface area contributed by atoms with Gasteiger partial charge in [0.15, 0.2) is 0 Å². The Labute approximate surface area is 178 Å². The van der Waals surface area contributed by atoms with Crippen LogP contribution in [-0.2, 0) is 18.4 Å². The summed E-state index contributed by atoms with van der Waals surface area (Å²) in [6.07, 6.45) is -0.0198. The summed E-state index contributed by atoms with van der Waals surface area (Å²) in [4.78, 5) is 29.4. The number of rotatable bonds is 4. The Balaban J connectivity index is 1.52. The molecule has 1 aromatic heterocycles. The minimum Gasteiger partial charge on any atom is -0.494 e. The number of hydrogen-bond donors (Lipinski definition) is 1. The molecular formula is C22H22N4O5. The molecule has 160 valence electrons. The van der Waals surface area contributed by atoms with E-state index in [1.54, 1.807) is 22.6 Å². The molecule has 0 bridgehead atoms. The summed E-state index contributed by atoms with van der Waals surface area (Å²) in [7, 11) is 1.69. The number of ether oxygens (including phenoxy) is 1. The van der Waals surface area contributed by atoms with Crippen LogP contribution in [0, 0.1) is 10.1 Å². The van der Waals surface area contributed by atoms with Crippen molar-refractivity contribution in [3.05, 3.63) is 69.8 Å². The van der Waals surface area contributed by atoms with E-state index in [0.29, 0.717) is 48.2 Å². The molecule has 0 spiro atoms. The maximum Gasteiger partial charge on any atom is 0.410 e. The Hall–Kier alpha value is -3.88. The first-order chi connectivity index (χ1) is 15.0. The van der Waals surface area contributed by atoms with Gasteiger partial charge in [-0.1, -0.05) is 30.3 Å². The van der Waals surface area contributed by atoms with Crippen LogP contribution in [0.15, 0.2) is 53.5 Å². The molecule has 0 fully saturated rings. The molecule has 2 heterocycles. The zero-order valence-electron chi connectivity index (χ0n) is 17.0. The van der Waals surface area contributed by atoms with Gasteiger partial charge < -0.3 is 19.3 Å². The molecule has 0 saturated carbocycles. The fourth-order valence-electron chi connectivity index (χ4n) is 3.75. The number of non-ortho nitro benzene ring substituents is 1. The first-order valence-corrected chi connectivity index (χ1v) is 9.91. The topological polar surface area (TPSA) is 110 Å². The number of aryl methyl sites for hydroxylation is 1. The normalized spacial score (nSPS) is 14.2. The monoisotopic (exact) mass is 422 g/mol. The van der Waals surface area contributed by atoms with Crippen LogP contribution >= 0.6 is 0 Å². The van der Waals surface area contributed by atoms with Crippen molar-refractivity contribution in [3.63, 3.8) is 0 Å². The number of fused-ring (bicyclic) bond motifs is 1. The molecule has 2 aromatic carbocycles. The number of carbonyl (C=O) groups is 1. The lowest BCUT2D eigenvalue weighted by Crippen LogP contribution is -2.34. The maximum atomic E-state index is 12.5. The van der Waals surface area contributed by atoms with Crippen molar-refractivity contribution in [1.29, 1.82) is 0 Å². The summed E-state index contributed by atoms with van der Waals surface area (Å²) in [5.41, 5.74) is 2.61. The predicted octanol–water partition coefficient (Wildman–Crippen LogP) is 3.62. The van der Waals surface area contributed by atoms with Crippen molar-refractivity contribution in [1.82, 2.24) is 9.47 Å². The Kier molecular flexibility index (Phi) is 5.57. The molecule has 1 aliphatic heterocycles. The van der Waals surface area contributed by atoms with Crippen molar-refractivity contribution in [2.75, 3.05) is 19.6 Å². The number of amides is 1. The number of nitrogens with zero attached hydrogens (tertiary/aromatic N) is 4. The van der Waals surface area contributed by atoms with Crippen molar-refractivity contribution < 1.29 is 19.6 Å². The van der Waals surface area contributed by atoms with Crippen LogP contribution in [0.5, 0.6) is 5.88 Å². The van der Waals surface area contributed by atoms with Crippen molar-refractivity contribution >= 4 is 28.4 Å². The summed E-state index contributed by atoms with van der Waals surface area (Å²) >= 11 is 0. The van der Waals surface area contributed by atoms with E-state index < -0.39 is 11.0 Å². The largest absolute Gasteiger partial charge is 0.494 e. The minimum absolute atomic E-state index is 0.00523. The molecule has 0 unspecified atom stereocenters. The van der Waals surface area contributed by atoms with Crippen LogP contribution in [0.4, 0.5) is 10.5 Å². The second kappa shape index (κ2) is 8.47. The highest BCUT2D eigenvalue weighted by molar-refractivity contribution is 6.13. The summed E-state index contributed by atoms with van der Waals surface area (Å²) in [6.45, 7) is 1.30. The van der Waals surface area contributed by atoms with Gasteiger partial charge >= 0.3 is 6.09 Å². The summed E-state index contributed by atoms with van der Waals surface area (Å²) in [5, 5.41) is 22.5. The third kappa shape index (κ3) is 4.07. The zero-order valence-corrected chi connectivity index (χ0v) is 17.0. The molecule has 1 aliphatic rings. The lowest BCUT2D eigenvalue weighted by atomic mass is 10.0. The fourth-order valence-corrected chi connectivity index (χ4v) is 3.75. The lowest BCUT2D eigenvalue weighted by molar-refractivity contribution is -0.384. The molecule has 1 amide bonds. The van der Waals surface area contributed by atoms with Gasteiger partial charge in [0, 0.05) is 49.8 Å². The van der Waals surface area contributed by atoms with E-state index in [4.69, 9.17) is 4.74 Å². The van der Waals surface area contributed by atoms with Gasteiger partial charge in [-0.25, -0.2) is 4.79 Å². The molecule has 0 atom stereocenters. The minimum atomic E-state index is -0.466. The molecule has 9 heteroatoms. The smallest absolute Gasteiger partial charge is 0.410 e. The number of nitro groups is 1. The molecule has 4 rings (SSSR count). The highest BCUT2D eigenvalue weighted by Crippen LogP contribution is 2.34. The highest BCUT2D eigenvalue weighted by Gasteiger charge is 2.25. The van der Waals surface area contributed by atoms with E-state index in [1.165, 1.54) is 12.1 Å². The standard InChI is InChI=1S/C22H22N4O5/c1-24-19-8-7-16(26(29)30)13-17(19)20(21(24)27)18-9-11-25(12-10-23-18)22(28)31-14-15-5-3-2-4-6-15/h2-8,13,27H,9-12,14H2,1H3. The summed E-state index contributed by atoms with van der Waals surface area (Å²) in [6, 6.07) is 13.9. The van der Waals surface area contributed by atoms with Crippen LogP contribution in [0.2, 0.25) is 0 Å². The molecule has 0 saturated heterocycles. The van der Waals surface area contributed by atoms with Gasteiger partial charge in [0.1, 0.15) is 6.61 Å². The second-order valence-electron chi connectivity index (χ2n) is 7.32. The number of aliphatic imine (C=N–C) groups is 1. The lowest BCUT2D eigenvalue weighted by Gasteiger charge is -2.19. The average Bonchev–Trinajstić information content (AvgIpc) is 2.93. The number of benzene rings is 2. The summed E-state index contributed by atoms with van der Waals surface area (Å²) < 4.78 is 6.99. The van der Waals surface area contributed by atoms with Gasteiger partial charge in [0.25, 0.3) is 5.69 Å². The van der Waals surface area contributed by atoms with Crippen LogP contribution in [0.1, 0.15) is 17.5 Å². The van der Waals surface area contributed by atoms with Gasteiger partial charge in [-0.2, -0.15) is 0 Å².